The van der Waals surface area contributed by atoms with E-state index < -0.39 is 33.6 Å². The largest absolute Gasteiger partial charge is 1.00 e. The van der Waals surface area contributed by atoms with E-state index in [2.05, 4.69) is 48.7 Å². The SMILES string of the molecule is C.C.CI.COC1CCC2(CC1)Cc1cc(F)c(I)cc1C21N=C(N)N(C)C1=O.COC1CCC2(CC1)Cc1cc(F)c(I)cc1C21N=C(SC)N(C)C1=O.COC1CCC2(CC1)Cc1cc(F)c(I)cc1C21NC(=O)NC1=O.COC1CCC2(CC1)Cc1cc(F)c(I)cc1C21NC(=S)NC1=O.O=CO[O-].[H-].[K+].[K+]. The second-order valence-electron chi connectivity index (χ2n) is 29.0. The van der Waals surface area contributed by atoms with Gasteiger partial charge in [0.1, 0.15) is 23.3 Å². The maximum Gasteiger partial charge on any atom is 1.00 e. The fourth-order valence-electron chi connectivity index (χ4n) is 19.6. The number of urea groups is 1. The van der Waals surface area contributed by atoms with Crippen LogP contribution in [0.3, 0.4) is 0 Å². The van der Waals surface area contributed by atoms with E-state index in [0.717, 1.165) is 152 Å². The van der Waals surface area contributed by atoms with Crippen LogP contribution in [0.1, 0.15) is 164 Å². The van der Waals surface area contributed by atoms with Crippen LogP contribution in [0, 0.1) is 59.2 Å². The number of amidine groups is 1. The number of likely N-dealkylation sites (N-methyl/N-ethyl adjacent to an activating group) is 2. The van der Waals surface area contributed by atoms with Crippen LogP contribution in [0.2, 0.25) is 0 Å². The molecule has 4 saturated carbocycles. The van der Waals surface area contributed by atoms with Crippen molar-refractivity contribution in [3.05, 3.63) is 131 Å². The summed E-state index contributed by atoms with van der Waals surface area (Å²) in [5, 5.41) is 20.9. The molecule has 4 aliphatic heterocycles. The van der Waals surface area contributed by atoms with Gasteiger partial charge in [0.25, 0.3) is 30.1 Å². The summed E-state index contributed by atoms with van der Waals surface area (Å²) >= 11 is 16.8. The van der Waals surface area contributed by atoms with Gasteiger partial charge in [-0.1, -0.05) is 49.2 Å². The van der Waals surface area contributed by atoms with Gasteiger partial charge in [-0.2, -0.15) is 0 Å². The van der Waals surface area contributed by atoms with Crippen molar-refractivity contribution in [1.29, 1.82) is 0 Å². The molecule has 6 fully saturated rings. The van der Waals surface area contributed by atoms with Gasteiger partial charge in [0.2, 0.25) is 0 Å². The van der Waals surface area contributed by atoms with E-state index in [4.69, 9.17) is 56.9 Å². The van der Waals surface area contributed by atoms with E-state index in [0.29, 0.717) is 45.1 Å². The van der Waals surface area contributed by atoms with Gasteiger partial charge >= 0.3 is 109 Å². The molecule has 8 aliphatic carbocycles. The Hall–Kier alpha value is -0.477. The van der Waals surface area contributed by atoms with Gasteiger partial charge in [-0.05, 0) is 335 Å². The molecule has 4 aromatic rings. The second kappa shape index (κ2) is 38.3. The minimum atomic E-state index is -1.09. The first kappa shape index (κ1) is 95.7. The number of benzene rings is 4. The Morgan fingerprint density at radius 3 is 1.10 bits per heavy atom. The maximum absolute atomic E-state index is 14.3. The molecule has 4 unspecified atom stereocenters. The van der Waals surface area contributed by atoms with Gasteiger partial charge in [0, 0.05) is 78.5 Å². The van der Waals surface area contributed by atoms with E-state index >= 15 is 0 Å². The molecule has 21 nitrogen and oxygen atoms in total. The molecule has 6 amide bonds. The van der Waals surface area contributed by atoms with Crippen LogP contribution in [0.15, 0.2) is 58.5 Å². The van der Waals surface area contributed by atoms with E-state index in [1.807, 2.05) is 114 Å². The van der Waals surface area contributed by atoms with Crippen molar-refractivity contribution < 1.29 is 180 Å². The molecule has 34 heteroatoms. The second-order valence-corrected chi connectivity index (χ2v) is 34.8. The van der Waals surface area contributed by atoms with Gasteiger partial charge in [-0.15, -0.1) is 0 Å². The van der Waals surface area contributed by atoms with Gasteiger partial charge in [-0.25, -0.2) is 32.3 Å². The molecular formula is C75H92F4I5K2N9O12S2. The summed E-state index contributed by atoms with van der Waals surface area (Å²) in [6, 6.07) is 13.0. The third-order valence-electron chi connectivity index (χ3n) is 24.7. The summed E-state index contributed by atoms with van der Waals surface area (Å²) in [7, 11) is 10.4. The van der Waals surface area contributed by atoms with Crippen LogP contribution < -0.4 is 135 Å². The number of amides is 6. The summed E-state index contributed by atoms with van der Waals surface area (Å²) in [4.78, 5) is 90.8. The fourth-order valence-corrected chi connectivity index (χ4v) is 22.3. The standard InChI is InChI=1S/C19H22FIN2O2S.C18H21FIN3O2.C17H18FIN2O3.C17H18FIN2O2S.CH3I.CH2O3.2CH4.2K.H/c1-23-16(24)19(22-17(23)26-3)13-9-15(21)14(20)8-11(13)10-18(19)6-4-12(25-2)5-7-18;1-23-15(24)18(22-16(23)21)12-8-14(20)13(19)7-10(12)9-17(18)5-3-11(25-2)4-6-17;1-24-10-2-4-16(5-3-10)8-9-6-12(18)13(19)7-11(9)17(16)14(22)20-15(23)21-17;1-23-10-2-4-16(5-3-10)8-9-6-12(18)13(19)7-11(9)17(16)14(22)20-15(24)21-17;1-2;2-1-4-3;;;;;/h8-9,12H,4-7,10H2,1-3H3;7-8,11H,3-6,9H2,1-2H3,(H2,21,22);6-7,10H,2-5,8H2,1H3,(H2,20,21,22,23);6-7,10H,2-5,8H2,1H3,(H2,20,21,22,24);1H3;1,3H;2*1H4;;;/q;;;;;;;;2*+1;-1/p-1. The zero-order chi connectivity index (χ0) is 76.3. The van der Waals surface area contributed by atoms with E-state index in [1.165, 1.54) is 22.7 Å². The summed E-state index contributed by atoms with van der Waals surface area (Å²) in [6.45, 7) is -0.181. The summed E-state index contributed by atoms with van der Waals surface area (Å²) in [5.74, 6) is -1.21. The number of nitrogens with zero attached hydrogens (tertiary/aromatic N) is 4. The number of thioether (sulfide) groups is 1. The molecule has 2 saturated heterocycles. The van der Waals surface area contributed by atoms with Crippen molar-refractivity contribution in [3.63, 3.8) is 0 Å². The molecule has 586 valence electrons. The minimum Gasteiger partial charge on any atom is -1.00 e. The predicted octanol–water partition coefficient (Wildman–Crippen LogP) is 6.73. The van der Waals surface area contributed by atoms with Crippen molar-refractivity contribution in [1.82, 2.24) is 31.1 Å². The zero-order valence-electron chi connectivity index (χ0n) is 62.1. The van der Waals surface area contributed by atoms with Gasteiger partial charge in [0.15, 0.2) is 38.4 Å². The molecule has 4 aromatic carbocycles. The minimum absolute atomic E-state index is 0. The third kappa shape index (κ3) is 16.4. The number of carbonyl (C=O) groups is 6. The maximum atomic E-state index is 14.3. The number of carbonyl (C=O) groups excluding carboxylic acids is 6. The zero-order valence-corrected chi connectivity index (χ0v) is 79.8. The molecule has 109 heavy (non-hydrogen) atoms. The number of thiocarbonyl (C=S) groups is 1. The van der Waals surface area contributed by atoms with Crippen LogP contribution in [0.5, 0.6) is 0 Å². The molecule has 4 atom stereocenters. The predicted molar refractivity (Wildman–Crippen MR) is 445 cm³/mol. The molecule has 0 radical (unpaired) electrons. The quantitative estimate of drug-likeness (QED) is 0.0159. The molecule has 6 N–H and O–H groups in total. The number of aliphatic imine (C=N–C) groups is 2. The number of guanidine groups is 1. The van der Waals surface area contributed by atoms with Gasteiger partial charge in [0.05, 0.1) is 24.4 Å². The number of imide groups is 1. The number of nitrogens with two attached hydrogens (primary N) is 1. The Labute approximate surface area is 799 Å². The van der Waals surface area contributed by atoms with Crippen molar-refractivity contribution in [3.8, 4) is 0 Å². The topological polar surface area (TPSA) is 277 Å². The monoisotopic (exact) mass is 2160 g/mol. The first-order valence-electron chi connectivity index (χ1n) is 34.5. The van der Waals surface area contributed by atoms with Gasteiger partial charge in [-0.3, -0.25) is 39.1 Å². The van der Waals surface area contributed by atoms with Crippen molar-refractivity contribution >= 4 is 189 Å². The van der Waals surface area contributed by atoms with Crippen molar-refractivity contribution in [2.24, 2.45) is 37.4 Å². The fraction of sp³-hybridized carbons (Fsp3) is 0.560. The number of nitrogens with one attached hydrogen (secondary N) is 4. The Morgan fingerprint density at radius 2 is 0.826 bits per heavy atom. The van der Waals surface area contributed by atoms with Crippen LogP contribution in [0.4, 0.5) is 22.4 Å². The third-order valence-corrected chi connectivity index (χ3v) is 28.9. The number of alkyl halides is 1. The Morgan fingerprint density at radius 1 is 0.532 bits per heavy atom. The molecular weight excluding hydrogens is 2070 g/mol. The van der Waals surface area contributed by atoms with Crippen molar-refractivity contribution in [2.45, 2.75) is 190 Å². The number of methoxy groups -OCH3 is 4. The Balaban J connectivity index is 0.000000220. The van der Waals surface area contributed by atoms with E-state index in [-0.39, 0.29) is 219 Å². The van der Waals surface area contributed by atoms with Crippen LogP contribution in [0.25, 0.3) is 0 Å². The normalized spacial score (nSPS) is 31.2. The number of ether oxygens (including phenoxy) is 4. The Kier molecular flexibility index (Phi) is 33.6. The number of fused-ring (bicyclic) bond motifs is 12. The number of halogens is 9. The van der Waals surface area contributed by atoms with E-state index in [9.17, 15) is 41.5 Å². The number of hydrogen-bond donors (Lipinski definition) is 5. The molecule has 12 aliphatic rings. The van der Waals surface area contributed by atoms with Crippen LogP contribution in [-0.2, 0) is 95.6 Å². The molecule has 8 spiro atoms. The summed E-state index contributed by atoms with van der Waals surface area (Å²) < 4.78 is 80.7. The first-order chi connectivity index (χ1) is 50.0. The van der Waals surface area contributed by atoms with Crippen molar-refractivity contribution in [2.75, 3.05) is 53.7 Å². The van der Waals surface area contributed by atoms with Crippen LogP contribution >= 0.6 is 137 Å². The smallest absolute Gasteiger partial charge is 1.00 e. The summed E-state index contributed by atoms with van der Waals surface area (Å²) in [6.07, 6.45) is 19.0. The Bertz CT molecular complexity index is 4110. The van der Waals surface area contributed by atoms with E-state index in [1.54, 1.807) is 77.8 Å². The average molecular weight is 2160 g/mol. The average Bonchev–Trinajstić information content (AvgIpc) is 1.55. The molecule has 0 aromatic heterocycles. The number of hydrogen-bond acceptors (Lipinski definition) is 17. The first-order valence-corrected chi connectivity index (χ1v) is 42.6. The molecule has 0 bridgehead atoms. The molecule has 4 heterocycles. The van der Waals surface area contributed by atoms with Crippen LogP contribution in [-0.4, -0.2) is 140 Å². The molecule has 16 rings (SSSR count). The number of rotatable bonds is 5. The van der Waals surface area contributed by atoms with Gasteiger partial charge < -0.3 is 52.2 Å². The summed E-state index contributed by atoms with van der Waals surface area (Å²) in [5.41, 5.74) is 7.69.